The molecule has 1 aromatic heterocycles. The van der Waals surface area contributed by atoms with E-state index in [-0.39, 0.29) is 5.04 Å². The zero-order valence-electron chi connectivity index (χ0n) is 18.2. The van der Waals surface area contributed by atoms with Gasteiger partial charge in [-0.05, 0) is 18.1 Å². The second kappa shape index (κ2) is 8.52. The van der Waals surface area contributed by atoms with E-state index in [1.807, 2.05) is 0 Å². The first-order chi connectivity index (χ1) is 13.3. The summed E-state index contributed by atoms with van der Waals surface area (Å²) in [4.78, 5) is 43.9. The summed E-state index contributed by atoms with van der Waals surface area (Å²) >= 11 is 0. The number of aromatic amines is 1. The van der Waals surface area contributed by atoms with Gasteiger partial charge in [-0.25, -0.2) is 9.86 Å². The van der Waals surface area contributed by atoms with Crippen molar-refractivity contribution >= 4 is 14.2 Å². The first kappa shape index (κ1) is 23.5. The van der Waals surface area contributed by atoms with Gasteiger partial charge in [-0.2, -0.15) is 0 Å². The summed E-state index contributed by atoms with van der Waals surface area (Å²) in [6, 6.07) is 1.21. The minimum Gasteiger partial charge on any atom is -0.408 e. The first-order valence-electron chi connectivity index (χ1n) is 9.33. The smallest absolute Gasteiger partial charge is 0.330 e. The van der Waals surface area contributed by atoms with Crippen LogP contribution < -0.4 is 11.2 Å². The molecule has 0 spiro atoms. The molecule has 1 aliphatic heterocycles. The van der Waals surface area contributed by atoms with Gasteiger partial charge in [-0.3, -0.25) is 24.0 Å². The highest BCUT2D eigenvalue weighted by atomic mass is 28.4. The lowest BCUT2D eigenvalue weighted by Crippen LogP contribution is -2.52. The number of amides is 1. The lowest BCUT2D eigenvalue weighted by atomic mass is 10.1. The second-order valence-corrected chi connectivity index (χ2v) is 13.3. The standard InChI is InChI=1S/C18H31N3O7Si/c1-18(2,3)29(7,8)28-12-13(15(23)20(4)26-6)27-16(14(12)25-5)21-10-9-11(22)19-17(21)24/h9-10,12-14,16H,1-8H3,(H,19,22,24)/t12-,13+,14-,16-/m1/s1. The summed E-state index contributed by atoms with van der Waals surface area (Å²) in [6.45, 7) is 10.4. The van der Waals surface area contributed by atoms with Gasteiger partial charge in [-0.1, -0.05) is 20.8 Å². The summed E-state index contributed by atoms with van der Waals surface area (Å²) in [7, 11) is 1.97. The Morgan fingerprint density at radius 3 is 2.34 bits per heavy atom. The molecule has 0 bridgehead atoms. The van der Waals surface area contributed by atoms with Gasteiger partial charge in [0, 0.05) is 26.4 Å². The van der Waals surface area contributed by atoms with E-state index in [0.717, 1.165) is 5.06 Å². The predicted octanol–water partition coefficient (Wildman–Crippen LogP) is 0.859. The number of carbonyl (C=O) groups is 1. The van der Waals surface area contributed by atoms with Crippen LogP contribution in [0.2, 0.25) is 18.1 Å². The molecule has 11 heteroatoms. The van der Waals surface area contributed by atoms with Crippen molar-refractivity contribution in [2.24, 2.45) is 0 Å². The fourth-order valence-corrected chi connectivity index (χ4v) is 4.15. The fraction of sp³-hybridized carbons (Fsp3) is 0.722. The number of H-pyrrole nitrogens is 1. The molecule has 0 radical (unpaired) electrons. The zero-order valence-corrected chi connectivity index (χ0v) is 19.2. The van der Waals surface area contributed by atoms with E-state index in [9.17, 15) is 14.4 Å². The van der Waals surface area contributed by atoms with Crippen molar-refractivity contribution in [3.8, 4) is 0 Å². The molecule has 0 unspecified atom stereocenters. The lowest BCUT2D eigenvalue weighted by Gasteiger charge is -2.40. The normalized spacial score (nSPS) is 25.2. The maximum atomic E-state index is 12.9. The minimum atomic E-state index is -2.33. The van der Waals surface area contributed by atoms with Crippen LogP contribution in [0.15, 0.2) is 21.9 Å². The highest BCUT2D eigenvalue weighted by molar-refractivity contribution is 6.74. The molecule has 1 aliphatic rings. The number of carbonyl (C=O) groups excluding carboxylic acids is 1. The Bertz CT molecular complexity index is 845. The molecule has 29 heavy (non-hydrogen) atoms. The van der Waals surface area contributed by atoms with Gasteiger partial charge in [0.1, 0.15) is 12.2 Å². The third-order valence-electron chi connectivity index (χ3n) is 5.65. The molecule has 1 N–H and O–H groups in total. The largest absolute Gasteiger partial charge is 0.408 e. The number of nitrogens with zero attached hydrogens (tertiary/aromatic N) is 2. The first-order valence-corrected chi connectivity index (χ1v) is 12.2. The number of hydrogen-bond acceptors (Lipinski definition) is 7. The van der Waals surface area contributed by atoms with E-state index in [1.54, 1.807) is 0 Å². The minimum absolute atomic E-state index is 0.126. The van der Waals surface area contributed by atoms with Crippen LogP contribution in [-0.2, 0) is 23.5 Å². The third kappa shape index (κ3) is 4.69. The van der Waals surface area contributed by atoms with Gasteiger partial charge < -0.3 is 13.9 Å². The van der Waals surface area contributed by atoms with E-state index >= 15 is 0 Å². The Labute approximate surface area is 170 Å². The van der Waals surface area contributed by atoms with Gasteiger partial charge in [0.25, 0.3) is 11.5 Å². The van der Waals surface area contributed by atoms with Crippen LogP contribution in [-0.4, -0.2) is 68.4 Å². The average molecular weight is 430 g/mol. The molecule has 1 fully saturated rings. The van der Waals surface area contributed by atoms with E-state index < -0.39 is 50.0 Å². The topological polar surface area (TPSA) is 112 Å². The van der Waals surface area contributed by atoms with Crippen molar-refractivity contribution in [3.63, 3.8) is 0 Å². The number of nitrogens with one attached hydrogen (secondary N) is 1. The third-order valence-corrected chi connectivity index (χ3v) is 10.1. The Kier molecular flexibility index (Phi) is 6.90. The van der Waals surface area contributed by atoms with E-state index in [0.29, 0.717) is 0 Å². The van der Waals surface area contributed by atoms with Gasteiger partial charge in [0.2, 0.25) is 0 Å². The van der Waals surface area contributed by atoms with Gasteiger partial charge >= 0.3 is 5.69 Å². The molecule has 2 heterocycles. The number of ether oxygens (including phenoxy) is 2. The Morgan fingerprint density at radius 2 is 1.86 bits per heavy atom. The van der Waals surface area contributed by atoms with Crippen molar-refractivity contribution in [3.05, 3.63) is 33.1 Å². The maximum Gasteiger partial charge on any atom is 0.330 e. The van der Waals surface area contributed by atoms with Gasteiger partial charge in [0.05, 0.1) is 7.11 Å². The van der Waals surface area contributed by atoms with Crippen LogP contribution >= 0.6 is 0 Å². The Balaban J connectivity index is 2.51. The highest BCUT2D eigenvalue weighted by Gasteiger charge is 2.54. The second-order valence-electron chi connectivity index (χ2n) is 8.53. The summed E-state index contributed by atoms with van der Waals surface area (Å²) in [6.07, 6.45) is -2.23. The van der Waals surface area contributed by atoms with Crippen molar-refractivity contribution in [1.29, 1.82) is 0 Å². The number of hydrogen-bond donors (Lipinski definition) is 1. The molecular formula is C18H31N3O7Si. The van der Waals surface area contributed by atoms with E-state index in [4.69, 9.17) is 18.7 Å². The van der Waals surface area contributed by atoms with Crippen molar-refractivity contribution in [2.75, 3.05) is 21.3 Å². The van der Waals surface area contributed by atoms with Crippen LogP contribution in [0.1, 0.15) is 27.0 Å². The summed E-state index contributed by atoms with van der Waals surface area (Å²) in [5, 5.41) is 0.927. The Morgan fingerprint density at radius 1 is 1.24 bits per heavy atom. The quantitative estimate of drug-likeness (QED) is 0.527. The lowest BCUT2D eigenvalue weighted by molar-refractivity contribution is -0.184. The molecular weight excluding hydrogens is 398 g/mol. The van der Waals surface area contributed by atoms with Gasteiger partial charge in [-0.15, -0.1) is 0 Å². The molecule has 10 nitrogen and oxygen atoms in total. The zero-order chi connectivity index (χ0) is 22.1. The van der Waals surface area contributed by atoms with Crippen LogP contribution in [0.25, 0.3) is 0 Å². The molecule has 0 saturated carbocycles. The average Bonchev–Trinajstić information content (AvgIpc) is 2.96. The molecule has 1 amide bonds. The monoisotopic (exact) mass is 429 g/mol. The number of methoxy groups -OCH3 is 1. The van der Waals surface area contributed by atoms with Crippen molar-refractivity contribution < 1.29 is 23.5 Å². The number of likely N-dealkylation sites (N-methyl/N-ethyl adjacent to an activating group) is 1. The molecule has 0 aromatic carbocycles. The highest BCUT2D eigenvalue weighted by Crippen LogP contribution is 2.42. The van der Waals surface area contributed by atoms with Gasteiger partial charge in [0.15, 0.2) is 20.6 Å². The van der Waals surface area contributed by atoms with Crippen LogP contribution in [0.5, 0.6) is 0 Å². The predicted molar refractivity (Wildman–Crippen MR) is 108 cm³/mol. The summed E-state index contributed by atoms with van der Waals surface area (Å²) < 4.78 is 19.3. The molecule has 164 valence electrons. The van der Waals surface area contributed by atoms with Crippen molar-refractivity contribution in [2.45, 2.75) is 63.4 Å². The summed E-state index contributed by atoms with van der Waals surface area (Å²) in [5.74, 6) is -0.460. The van der Waals surface area contributed by atoms with Crippen LogP contribution in [0.3, 0.4) is 0 Å². The SMILES string of the molecule is CO[C@@H]1[C@H](O[Si](C)(C)C(C)(C)C)[C@@H](C(=O)N(C)OC)O[C@H]1n1ccc(=O)[nH]c1=O. The molecule has 1 saturated heterocycles. The number of hydroxylamine groups is 2. The van der Waals surface area contributed by atoms with E-state index in [2.05, 4.69) is 38.8 Å². The molecule has 1 aromatic rings. The number of rotatable bonds is 6. The Hall–Kier alpha value is -1.79. The molecule has 4 atom stereocenters. The van der Waals surface area contributed by atoms with Crippen LogP contribution in [0, 0.1) is 0 Å². The molecule has 0 aliphatic carbocycles. The van der Waals surface area contributed by atoms with E-state index in [1.165, 1.54) is 38.1 Å². The van der Waals surface area contributed by atoms with Crippen molar-refractivity contribution in [1.82, 2.24) is 14.6 Å². The number of aromatic nitrogens is 2. The molecule has 2 rings (SSSR count). The van der Waals surface area contributed by atoms with Crippen LogP contribution in [0.4, 0.5) is 0 Å². The summed E-state index contributed by atoms with van der Waals surface area (Å²) in [5.41, 5.74) is -1.19. The maximum absolute atomic E-state index is 12.9. The fourth-order valence-electron chi connectivity index (χ4n) is 2.86.